The van der Waals surface area contributed by atoms with Crippen molar-refractivity contribution in [2.75, 3.05) is 7.11 Å². The van der Waals surface area contributed by atoms with Crippen LogP contribution >= 0.6 is 0 Å². The quantitative estimate of drug-likeness (QED) is 0.910. The largest absolute Gasteiger partial charge is 0.496 e. The van der Waals surface area contributed by atoms with Gasteiger partial charge in [-0.1, -0.05) is 24.3 Å². The Balaban J connectivity index is 1.79. The van der Waals surface area contributed by atoms with Gasteiger partial charge in [-0.2, -0.15) is 0 Å². The lowest BCUT2D eigenvalue weighted by Gasteiger charge is -2.22. The molecule has 0 heterocycles. The Morgan fingerprint density at radius 1 is 1.24 bits per heavy atom. The van der Waals surface area contributed by atoms with Crippen LogP contribution in [0.1, 0.15) is 42.1 Å². The Kier molecular flexibility index (Phi) is 3.93. The van der Waals surface area contributed by atoms with Crippen molar-refractivity contribution in [3.05, 3.63) is 65.0 Å². The van der Waals surface area contributed by atoms with Crippen molar-refractivity contribution < 1.29 is 9.13 Å². The summed E-state index contributed by atoms with van der Waals surface area (Å²) in [4.78, 5) is 0. The van der Waals surface area contributed by atoms with E-state index in [9.17, 15) is 4.39 Å². The lowest BCUT2D eigenvalue weighted by molar-refractivity contribution is 0.393. The monoisotopic (exact) mass is 285 g/mol. The fourth-order valence-electron chi connectivity index (χ4n) is 3.17. The van der Waals surface area contributed by atoms with Gasteiger partial charge in [0.05, 0.1) is 7.11 Å². The predicted molar refractivity (Wildman–Crippen MR) is 82.0 cm³/mol. The summed E-state index contributed by atoms with van der Waals surface area (Å²) in [5.74, 6) is 0.752. The number of rotatable bonds is 4. The zero-order valence-corrected chi connectivity index (χ0v) is 12.4. The Labute approximate surface area is 125 Å². The maximum atomic E-state index is 13.3. The van der Waals surface area contributed by atoms with E-state index in [-0.39, 0.29) is 17.9 Å². The van der Waals surface area contributed by atoms with E-state index in [1.165, 1.54) is 5.56 Å². The van der Waals surface area contributed by atoms with Crippen molar-refractivity contribution in [2.24, 2.45) is 0 Å². The smallest absolute Gasteiger partial charge is 0.123 e. The van der Waals surface area contributed by atoms with Gasteiger partial charge in [-0.05, 0) is 49.1 Å². The maximum Gasteiger partial charge on any atom is 0.123 e. The molecule has 0 fully saturated rings. The summed E-state index contributed by atoms with van der Waals surface area (Å²) in [5.41, 5.74) is 3.49. The standard InChI is InChI=1S/C18H20FNO/c1-12(15-5-3-4-6-18(15)21-2)20-17-10-7-13-11-14(19)8-9-16(13)17/h3-6,8-9,11-12,17,20H,7,10H2,1-2H3/t12-,17?/m1/s1. The van der Waals surface area contributed by atoms with Gasteiger partial charge in [-0.25, -0.2) is 4.39 Å². The van der Waals surface area contributed by atoms with Gasteiger partial charge in [0.1, 0.15) is 11.6 Å². The normalized spacial score (nSPS) is 18.3. The molecule has 2 aromatic rings. The minimum absolute atomic E-state index is 0.146. The minimum Gasteiger partial charge on any atom is -0.496 e. The molecule has 110 valence electrons. The highest BCUT2D eigenvalue weighted by Crippen LogP contribution is 2.34. The van der Waals surface area contributed by atoms with E-state index in [2.05, 4.69) is 18.3 Å². The summed E-state index contributed by atoms with van der Waals surface area (Å²) in [6.07, 6.45) is 1.95. The first-order valence-corrected chi connectivity index (χ1v) is 7.36. The lowest BCUT2D eigenvalue weighted by Crippen LogP contribution is -2.23. The molecular formula is C18H20FNO. The van der Waals surface area contributed by atoms with Crippen molar-refractivity contribution in [3.8, 4) is 5.75 Å². The Morgan fingerprint density at radius 2 is 2.05 bits per heavy atom. The fourth-order valence-corrected chi connectivity index (χ4v) is 3.17. The molecule has 0 spiro atoms. The van der Waals surface area contributed by atoms with Gasteiger partial charge in [-0.15, -0.1) is 0 Å². The number of methoxy groups -OCH3 is 1. The molecule has 1 N–H and O–H groups in total. The number of hydrogen-bond donors (Lipinski definition) is 1. The van der Waals surface area contributed by atoms with E-state index in [1.807, 2.05) is 24.3 Å². The number of halogens is 1. The zero-order chi connectivity index (χ0) is 14.8. The molecule has 0 bridgehead atoms. The van der Waals surface area contributed by atoms with Crippen LogP contribution in [0, 0.1) is 5.82 Å². The Bertz CT molecular complexity index is 641. The van der Waals surface area contributed by atoms with Gasteiger partial charge in [-0.3, -0.25) is 0 Å². The highest BCUT2D eigenvalue weighted by atomic mass is 19.1. The predicted octanol–water partition coefficient (Wildman–Crippen LogP) is 4.17. The number of nitrogens with one attached hydrogen (secondary N) is 1. The molecule has 3 heteroatoms. The third kappa shape index (κ3) is 2.79. The molecule has 0 saturated carbocycles. The highest BCUT2D eigenvalue weighted by molar-refractivity contribution is 5.38. The third-order valence-corrected chi connectivity index (χ3v) is 4.24. The molecule has 0 amide bonds. The van der Waals surface area contributed by atoms with Gasteiger partial charge in [0.15, 0.2) is 0 Å². The number of hydrogen-bond acceptors (Lipinski definition) is 2. The maximum absolute atomic E-state index is 13.3. The minimum atomic E-state index is -0.146. The number of para-hydroxylation sites is 1. The van der Waals surface area contributed by atoms with E-state index in [0.717, 1.165) is 29.7 Å². The van der Waals surface area contributed by atoms with Crippen LogP contribution in [-0.2, 0) is 6.42 Å². The average molecular weight is 285 g/mol. The summed E-state index contributed by atoms with van der Waals surface area (Å²) in [6, 6.07) is 13.6. The molecule has 0 saturated heterocycles. The Hall–Kier alpha value is -1.87. The number of ether oxygens (including phenoxy) is 1. The molecule has 0 aromatic heterocycles. The summed E-state index contributed by atoms with van der Waals surface area (Å²) in [5, 5.41) is 3.64. The average Bonchev–Trinajstić information content (AvgIpc) is 2.89. The first-order valence-electron chi connectivity index (χ1n) is 7.36. The van der Waals surface area contributed by atoms with Crippen LogP contribution < -0.4 is 10.1 Å². The zero-order valence-electron chi connectivity index (χ0n) is 12.4. The fraction of sp³-hybridized carbons (Fsp3) is 0.333. The third-order valence-electron chi connectivity index (χ3n) is 4.24. The SMILES string of the molecule is COc1ccccc1[C@@H](C)NC1CCc2cc(F)ccc21. The molecule has 2 nitrogen and oxygen atoms in total. The molecule has 0 radical (unpaired) electrons. The van der Waals surface area contributed by atoms with Crippen LogP contribution in [0.4, 0.5) is 4.39 Å². The van der Waals surface area contributed by atoms with Gasteiger partial charge >= 0.3 is 0 Å². The summed E-state index contributed by atoms with van der Waals surface area (Å²) in [7, 11) is 1.69. The number of benzene rings is 2. The Morgan fingerprint density at radius 3 is 2.86 bits per heavy atom. The highest BCUT2D eigenvalue weighted by Gasteiger charge is 2.25. The summed E-state index contributed by atoms with van der Waals surface area (Å²) >= 11 is 0. The molecule has 0 aliphatic heterocycles. The molecule has 21 heavy (non-hydrogen) atoms. The topological polar surface area (TPSA) is 21.3 Å². The van der Waals surface area contributed by atoms with Crippen LogP contribution in [0.3, 0.4) is 0 Å². The molecule has 2 aromatic carbocycles. The first kappa shape index (κ1) is 14.1. The van der Waals surface area contributed by atoms with E-state index in [4.69, 9.17) is 4.74 Å². The van der Waals surface area contributed by atoms with E-state index in [0.29, 0.717) is 0 Å². The molecule has 2 atom stereocenters. The molecule has 3 rings (SSSR count). The van der Waals surface area contributed by atoms with Crippen molar-refractivity contribution >= 4 is 0 Å². The molecule has 1 unspecified atom stereocenters. The number of fused-ring (bicyclic) bond motifs is 1. The van der Waals surface area contributed by atoms with E-state index < -0.39 is 0 Å². The molecular weight excluding hydrogens is 265 g/mol. The van der Waals surface area contributed by atoms with Crippen LogP contribution in [0.25, 0.3) is 0 Å². The van der Waals surface area contributed by atoms with Gasteiger partial charge in [0, 0.05) is 17.6 Å². The second-order valence-corrected chi connectivity index (χ2v) is 5.56. The van der Waals surface area contributed by atoms with Crippen molar-refractivity contribution in [2.45, 2.75) is 31.8 Å². The number of aryl methyl sites for hydroxylation is 1. The van der Waals surface area contributed by atoms with E-state index >= 15 is 0 Å². The van der Waals surface area contributed by atoms with Crippen molar-refractivity contribution in [1.29, 1.82) is 0 Å². The van der Waals surface area contributed by atoms with Crippen LogP contribution in [0.15, 0.2) is 42.5 Å². The second kappa shape index (κ2) is 5.86. The van der Waals surface area contributed by atoms with Crippen LogP contribution in [-0.4, -0.2) is 7.11 Å². The van der Waals surface area contributed by atoms with Gasteiger partial charge in [0.25, 0.3) is 0 Å². The summed E-state index contributed by atoms with van der Waals surface area (Å²) < 4.78 is 18.7. The molecule has 1 aliphatic carbocycles. The van der Waals surface area contributed by atoms with Crippen LogP contribution in [0.5, 0.6) is 5.75 Å². The van der Waals surface area contributed by atoms with Gasteiger partial charge < -0.3 is 10.1 Å². The second-order valence-electron chi connectivity index (χ2n) is 5.56. The summed E-state index contributed by atoms with van der Waals surface area (Å²) in [6.45, 7) is 2.14. The first-order chi connectivity index (χ1) is 10.2. The van der Waals surface area contributed by atoms with E-state index in [1.54, 1.807) is 19.2 Å². The van der Waals surface area contributed by atoms with Crippen LogP contribution in [0.2, 0.25) is 0 Å². The van der Waals surface area contributed by atoms with Crippen molar-refractivity contribution in [1.82, 2.24) is 5.32 Å². The molecule has 1 aliphatic rings. The van der Waals surface area contributed by atoms with Gasteiger partial charge in [0.2, 0.25) is 0 Å². The van der Waals surface area contributed by atoms with Crippen molar-refractivity contribution in [3.63, 3.8) is 0 Å². The lowest BCUT2D eigenvalue weighted by atomic mass is 10.0.